The fourth-order valence-electron chi connectivity index (χ4n) is 1.05. The number of aromatic nitrogens is 2. The highest BCUT2D eigenvalue weighted by molar-refractivity contribution is 9.09. The second kappa shape index (κ2) is 5.25. The van der Waals surface area contributed by atoms with Crippen molar-refractivity contribution in [3.63, 3.8) is 0 Å². The first-order valence-electron chi connectivity index (χ1n) is 5.13. The largest absolute Gasteiger partial charge is 0.344 e. The van der Waals surface area contributed by atoms with Crippen LogP contribution in [0.3, 0.4) is 0 Å². The fraction of sp³-hybridized carbons (Fsp3) is 0.800. The average molecular weight is 292 g/mol. The van der Waals surface area contributed by atoms with Crippen molar-refractivity contribution in [3.05, 3.63) is 5.82 Å². The van der Waals surface area contributed by atoms with Gasteiger partial charge in [0.05, 0.1) is 0 Å². The second-order valence-electron chi connectivity index (χ2n) is 4.25. The van der Waals surface area contributed by atoms with Crippen LogP contribution in [-0.2, 0) is 6.42 Å². The lowest BCUT2D eigenvalue weighted by atomic mass is 10.1. The van der Waals surface area contributed by atoms with Crippen molar-refractivity contribution in [2.24, 2.45) is 0 Å². The number of aryl methyl sites for hydroxylation is 1. The quantitative estimate of drug-likeness (QED) is 0.781. The Kier molecular flexibility index (Phi) is 4.52. The summed E-state index contributed by atoms with van der Waals surface area (Å²) >= 11 is 5.00. The van der Waals surface area contributed by atoms with E-state index in [0.717, 1.165) is 29.1 Å². The van der Waals surface area contributed by atoms with Gasteiger partial charge in [0.1, 0.15) is 5.82 Å². The summed E-state index contributed by atoms with van der Waals surface area (Å²) in [6, 6.07) is 0. The fourth-order valence-corrected chi connectivity index (χ4v) is 2.27. The van der Waals surface area contributed by atoms with Crippen LogP contribution in [0.1, 0.15) is 33.0 Å². The van der Waals surface area contributed by atoms with Crippen LogP contribution in [-0.4, -0.2) is 27.3 Å². The Morgan fingerprint density at radius 1 is 1.47 bits per heavy atom. The lowest BCUT2D eigenvalue weighted by Gasteiger charge is -2.33. The van der Waals surface area contributed by atoms with Gasteiger partial charge < -0.3 is 4.90 Å². The van der Waals surface area contributed by atoms with Crippen LogP contribution in [0.5, 0.6) is 0 Å². The number of hydrogen-bond acceptors (Lipinski definition) is 4. The summed E-state index contributed by atoms with van der Waals surface area (Å²) in [7, 11) is 2.07. The minimum absolute atomic E-state index is 0.0724. The molecule has 0 spiro atoms. The van der Waals surface area contributed by atoms with Crippen LogP contribution < -0.4 is 4.90 Å². The number of halogens is 1. The second-order valence-corrected chi connectivity index (χ2v) is 5.54. The van der Waals surface area contributed by atoms with Crippen LogP contribution >= 0.6 is 27.5 Å². The van der Waals surface area contributed by atoms with Crippen LogP contribution in [0.25, 0.3) is 0 Å². The molecule has 0 unspecified atom stereocenters. The van der Waals surface area contributed by atoms with Gasteiger partial charge >= 0.3 is 0 Å². The molecular weight excluding hydrogens is 274 g/mol. The van der Waals surface area contributed by atoms with E-state index in [9.17, 15) is 0 Å². The molecule has 3 nitrogen and oxygen atoms in total. The van der Waals surface area contributed by atoms with E-state index in [0.29, 0.717) is 0 Å². The molecule has 0 aliphatic rings. The molecule has 1 rings (SSSR count). The third-order valence-electron chi connectivity index (χ3n) is 2.45. The molecule has 0 radical (unpaired) electrons. The van der Waals surface area contributed by atoms with Gasteiger partial charge in [0.2, 0.25) is 5.13 Å². The zero-order chi connectivity index (χ0) is 11.5. The van der Waals surface area contributed by atoms with Crippen molar-refractivity contribution in [2.75, 3.05) is 17.3 Å². The molecule has 1 heterocycles. The van der Waals surface area contributed by atoms with E-state index in [1.165, 1.54) is 11.5 Å². The first-order chi connectivity index (χ1) is 7.01. The van der Waals surface area contributed by atoms with Gasteiger partial charge in [-0.1, -0.05) is 22.9 Å². The van der Waals surface area contributed by atoms with E-state index in [4.69, 9.17) is 0 Å². The monoisotopic (exact) mass is 291 g/mol. The molecule has 1 aromatic rings. The molecule has 1 aromatic heterocycles. The van der Waals surface area contributed by atoms with E-state index in [1.54, 1.807) is 0 Å². The van der Waals surface area contributed by atoms with Gasteiger partial charge in [-0.05, 0) is 20.3 Å². The van der Waals surface area contributed by atoms with Gasteiger partial charge in [-0.15, -0.1) is 0 Å². The first-order valence-corrected chi connectivity index (χ1v) is 7.03. The van der Waals surface area contributed by atoms with Gasteiger partial charge in [0, 0.05) is 35.9 Å². The average Bonchev–Trinajstić information content (AvgIpc) is 2.66. The van der Waals surface area contributed by atoms with Crippen LogP contribution in [0, 0.1) is 0 Å². The summed E-state index contributed by atoms with van der Waals surface area (Å²) in [5, 5.41) is 1.92. The molecule has 15 heavy (non-hydrogen) atoms. The standard InChI is InChI=1S/C10H18BrN3S/c1-5-6-8-12-9(15-13-8)14(4)10(2,3)7-11/h5-7H2,1-4H3. The highest BCUT2D eigenvalue weighted by atomic mass is 79.9. The molecule has 0 saturated heterocycles. The number of rotatable bonds is 5. The minimum atomic E-state index is 0.0724. The van der Waals surface area contributed by atoms with Crippen molar-refractivity contribution >= 4 is 32.6 Å². The predicted octanol–water partition coefficient (Wildman–Crippen LogP) is 3.10. The smallest absolute Gasteiger partial charge is 0.205 e. The third-order valence-corrected chi connectivity index (χ3v) is 4.66. The zero-order valence-corrected chi connectivity index (χ0v) is 12.2. The summed E-state index contributed by atoms with van der Waals surface area (Å²) in [6.07, 6.45) is 2.07. The molecule has 0 atom stereocenters. The van der Waals surface area contributed by atoms with Gasteiger partial charge in [0.25, 0.3) is 0 Å². The summed E-state index contributed by atoms with van der Waals surface area (Å²) in [5.74, 6) is 0.967. The summed E-state index contributed by atoms with van der Waals surface area (Å²) in [6.45, 7) is 6.51. The summed E-state index contributed by atoms with van der Waals surface area (Å²) < 4.78 is 4.35. The Hall–Kier alpha value is -0.160. The van der Waals surface area contributed by atoms with E-state index in [1.807, 2.05) is 0 Å². The molecule has 0 aliphatic carbocycles. The molecule has 5 heteroatoms. The van der Waals surface area contributed by atoms with Crippen molar-refractivity contribution < 1.29 is 0 Å². The zero-order valence-electron chi connectivity index (χ0n) is 9.75. The minimum Gasteiger partial charge on any atom is -0.344 e. The number of hydrogen-bond donors (Lipinski definition) is 0. The maximum Gasteiger partial charge on any atom is 0.205 e. The van der Waals surface area contributed by atoms with Crippen molar-refractivity contribution in [1.82, 2.24) is 9.36 Å². The molecule has 0 fully saturated rings. The summed E-state index contributed by atoms with van der Waals surface area (Å²) in [5.41, 5.74) is 0.0724. The molecule has 0 aliphatic heterocycles. The number of alkyl halides is 1. The molecule has 86 valence electrons. The molecule has 0 aromatic carbocycles. The van der Waals surface area contributed by atoms with Gasteiger partial charge in [-0.2, -0.15) is 4.37 Å². The van der Waals surface area contributed by atoms with E-state index in [-0.39, 0.29) is 5.54 Å². The number of nitrogens with zero attached hydrogens (tertiary/aromatic N) is 3. The van der Waals surface area contributed by atoms with Crippen LogP contribution in [0.4, 0.5) is 5.13 Å². The van der Waals surface area contributed by atoms with Crippen LogP contribution in [0.15, 0.2) is 0 Å². The van der Waals surface area contributed by atoms with Gasteiger partial charge in [-0.25, -0.2) is 4.98 Å². The van der Waals surface area contributed by atoms with Gasteiger partial charge in [-0.3, -0.25) is 0 Å². The van der Waals surface area contributed by atoms with E-state index in [2.05, 4.69) is 58.0 Å². The SMILES string of the molecule is CCCc1nsc(N(C)C(C)(C)CBr)n1. The first kappa shape index (κ1) is 12.9. The predicted molar refractivity (Wildman–Crippen MR) is 70.2 cm³/mol. The molecule has 0 amide bonds. The molecule has 0 N–H and O–H groups in total. The summed E-state index contributed by atoms with van der Waals surface area (Å²) in [4.78, 5) is 6.71. The lowest BCUT2D eigenvalue weighted by Crippen LogP contribution is -2.42. The van der Waals surface area contributed by atoms with E-state index >= 15 is 0 Å². The topological polar surface area (TPSA) is 29.0 Å². The van der Waals surface area contributed by atoms with Crippen molar-refractivity contribution in [2.45, 2.75) is 39.2 Å². The lowest BCUT2D eigenvalue weighted by molar-refractivity contribution is 0.550. The molecular formula is C10H18BrN3S. The van der Waals surface area contributed by atoms with Crippen molar-refractivity contribution in [1.29, 1.82) is 0 Å². The molecule has 0 bridgehead atoms. The third kappa shape index (κ3) is 3.14. The highest BCUT2D eigenvalue weighted by Gasteiger charge is 2.24. The van der Waals surface area contributed by atoms with Crippen LogP contribution in [0.2, 0.25) is 0 Å². The maximum atomic E-state index is 4.53. The maximum absolute atomic E-state index is 4.53. The Labute approximate surface area is 104 Å². The Bertz CT molecular complexity index is 311. The normalized spacial score (nSPS) is 11.8. The Morgan fingerprint density at radius 3 is 2.67 bits per heavy atom. The van der Waals surface area contributed by atoms with Crippen molar-refractivity contribution in [3.8, 4) is 0 Å². The number of anilines is 1. The highest BCUT2D eigenvalue weighted by Crippen LogP contribution is 2.25. The van der Waals surface area contributed by atoms with E-state index < -0.39 is 0 Å². The molecule has 0 saturated carbocycles. The Morgan fingerprint density at radius 2 is 2.13 bits per heavy atom. The Balaban J connectivity index is 2.78. The van der Waals surface area contributed by atoms with Gasteiger partial charge in [0.15, 0.2) is 0 Å².